The first-order chi connectivity index (χ1) is 11.2. The smallest absolute Gasteiger partial charge is 0.419 e. The van der Waals surface area contributed by atoms with E-state index in [1.54, 1.807) is 10.7 Å². The highest BCUT2D eigenvalue weighted by Gasteiger charge is 2.23. The number of rotatable bonds is 1. The standard InChI is InChI=1S/C17H19ClN4O2/c1-10-8-11-13(22(10)16(23)24-17(2,3)4)9-14(18)19-15(11)12-6-7-21(5)20-12/h6-9H,1-5H3. The summed E-state index contributed by atoms with van der Waals surface area (Å²) in [6, 6.07) is 5.42. The molecule has 0 aliphatic carbocycles. The van der Waals surface area contributed by atoms with Gasteiger partial charge in [-0.25, -0.2) is 14.3 Å². The van der Waals surface area contributed by atoms with Crippen LogP contribution in [-0.4, -0.2) is 31.0 Å². The number of fused-ring (bicyclic) bond motifs is 1. The minimum Gasteiger partial charge on any atom is -0.443 e. The highest BCUT2D eigenvalue weighted by atomic mass is 35.5. The van der Waals surface area contributed by atoms with E-state index in [0.29, 0.717) is 22.1 Å². The van der Waals surface area contributed by atoms with Gasteiger partial charge in [-0.3, -0.25) is 4.68 Å². The number of nitrogens with zero attached hydrogens (tertiary/aromatic N) is 4. The van der Waals surface area contributed by atoms with E-state index in [-0.39, 0.29) is 0 Å². The minimum atomic E-state index is -0.583. The van der Waals surface area contributed by atoms with Gasteiger partial charge in [0.05, 0.1) is 5.52 Å². The number of ether oxygens (including phenoxy) is 1. The van der Waals surface area contributed by atoms with Crippen LogP contribution in [0, 0.1) is 6.92 Å². The molecule has 3 aromatic rings. The molecule has 0 aliphatic heterocycles. The Morgan fingerprint density at radius 3 is 2.58 bits per heavy atom. The van der Waals surface area contributed by atoms with Crippen LogP contribution in [-0.2, 0) is 11.8 Å². The molecule has 0 bridgehead atoms. The molecule has 3 heterocycles. The summed E-state index contributed by atoms with van der Waals surface area (Å²) in [5.41, 5.74) is 2.17. The second kappa shape index (κ2) is 5.63. The van der Waals surface area contributed by atoms with E-state index in [9.17, 15) is 4.79 Å². The monoisotopic (exact) mass is 346 g/mol. The molecule has 0 radical (unpaired) electrons. The van der Waals surface area contributed by atoms with Gasteiger partial charge >= 0.3 is 6.09 Å². The second-order valence-electron chi connectivity index (χ2n) is 6.70. The summed E-state index contributed by atoms with van der Waals surface area (Å²) in [4.78, 5) is 17.0. The summed E-state index contributed by atoms with van der Waals surface area (Å²) < 4.78 is 8.71. The molecule has 0 unspecified atom stereocenters. The zero-order chi connectivity index (χ0) is 17.6. The minimum absolute atomic E-state index is 0.297. The van der Waals surface area contributed by atoms with Crippen molar-refractivity contribution in [2.75, 3.05) is 0 Å². The van der Waals surface area contributed by atoms with Crippen LogP contribution in [0.1, 0.15) is 26.5 Å². The van der Waals surface area contributed by atoms with Gasteiger partial charge in [-0.1, -0.05) is 11.6 Å². The highest BCUT2D eigenvalue weighted by Crippen LogP contribution is 2.31. The van der Waals surface area contributed by atoms with Gasteiger partial charge in [-0.05, 0) is 39.8 Å². The van der Waals surface area contributed by atoms with Crippen molar-refractivity contribution in [3.63, 3.8) is 0 Å². The number of hydrogen-bond acceptors (Lipinski definition) is 4. The molecule has 3 rings (SSSR count). The first-order valence-electron chi connectivity index (χ1n) is 7.58. The topological polar surface area (TPSA) is 61.9 Å². The molecule has 0 saturated heterocycles. The van der Waals surface area contributed by atoms with E-state index in [1.165, 1.54) is 4.57 Å². The predicted molar refractivity (Wildman–Crippen MR) is 93.3 cm³/mol. The molecular weight excluding hydrogens is 328 g/mol. The van der Waals surface area contributed by atoms with Gasteiger partial charge in [0.1, 0.15) is 22.1 Å². The zero-order valence-corrected chi connectivity index (χ0v) is 15.0. The highest BCUT2D eigenvalue weighted by molar-refractivity contribution is 6.30. The van der Waals surface area contributed by atoms with Crippen molar-refractivity contribution in [2.45, 2.75) is 33.3 Å². The summed E-state index contributed by atoms with van der Waals surface area (Å²) in [6.45, 7) is 7.35. The van der Waals surface area contributed by atoms with E-state index in [4.69, 9.17) is 16.3 Å². The quantitative estimate of drug-likeness (QED) is 0.620. The number of aromatic nitrogens is 4. The maximum absolute atomic E-state index is 12.6. The fourth-order valence-corrected chi connectivity index (χ4v) is 2.78. The lowest BCUT2D eigenvalue weighted by atomic mass is 10.2. The van der Waals surface area contributed by atoms with Gasteiger partial charge in [0.15, 0.2) is 0 Å². The third kappa shape index (κ3) is 3.01. The Balaban J connectivity index is 2.21. The van der Waals surface area contributed by atoms with Gasteiger partial charge in [0.2, 0.25) is 0 Å². The summed E-state index contributed by atoms with van der Waals surface area (Å²) >= 11 is 6.19. The average Bonchev–Trinajstić information content (AvgIpc) is 2.98. The van der Waals surface area contributed by atoms with Gasteiger partial charge in [0.25, 0.3) is 0 Å². The number of pyridine rings is 1. The molecule has 0 atom stereocenters. The molecule has 0 aliphatic rings. The number of carbonyl (C=O) groups excluding carboxylic acids is 1. The van der Waals surface area contributed by atoms with E-state index in [0.717, 1.165) is 11.1 Å². The number of aryl methyl sites for hydroxylation is 2. The molecule has 0 saturated carbocycles. The lowest BCUT2D eigenvalue weighted by Gasteiger charge is -2.20. The molecule has 0 N–H and O–H groups in total. The van der Waals surface area contributed by atoms with E-state index < -0.39 is 11.7 Å². The Hall–Kier alpha value is -2.34. The number of halogens is 1. The van der Waals surface area contributed by atoms with Crippen LogP contribution in [0.4, 0.5) is 4.79 Å². The van der Waals surface area contributed by atoms with E-state index in [1.807, 2.05) is 53.1 Å². The Kier molecular flexibility index (Phi) is 3.87. The van der Waals surface area contributed by atoms with Crippen molar-refractivity contribution < 1.29 is 9.53 Å². The zero-order valence-electron chi connectivity index (χ0n) is 14.3. The van der Waals surface area contributed by atoms with Crippen LogP contribution >= 0.6 is 11.6 Å². The SMILES string of the molecule is Cc1cc2c(-c3ccn(C)n3)nc(Cl)cc2n1C(=O)OC(C)(C)C. The van der Waals surface area contributed by atoms with E-state index in [2.05, 4.69) is 10.1 Å². The van der Waals surface area contributed by atoms with Crippen molar-refractivity contribution in [3.8, 4) is 11.4 Å². The predicted octanol–water partition coefficient (Wildman–Crippen LogP) is 4.18. The molecule has 0 aromatic carbocycles. The normalized spacial score (nSPS) is 11.9. The molecule has 0 spiro atoms. The molecule has 24 heavy (non-hydrogen) atoms. The molecule has 0 fully saturated rings. The Morgan fingerprint density at radius 2 is 2.00 bits per heavy atom. The van der Waals surface area contributed by atoms with Crippen molar-refractivity contribution in [3.05, 3.63) is 35.2 Å². The first kappa shape index (κ1) is 16.5. The summed E-state index contributed by atoms with van der Waals surface area (Å²) in [5.74, 6) is 0. The van der Waals surface area contributed by atoms with Crippen LogP contribution in [0.25, 0.3) is 22.3 Å². The van der Waals surface area contributed by atoms with Crippen molar-refractivity contribution >= 4 is 28.6 Å². The fourth-order valence-electron chi connectivity index (χ4n) is 2.59. The average molecular weight is 347 g/mol. The van der Waals surface area contributed by atoms with Gasteiger partial charge in [-0.15, -0.1) is 0 Å². The summed E-state index contributed by atoms with van der Waals surface area (Å²) in [6.07, 6.45) is 1.39. The summed E-state index contributed by atoms with van der Waals surface area (Å²) in [7, 11) is 1.84. The van der Waals surface area contributed by atoms with Gasteiger partial charge in [0, 0.05) is 30.4 Å². The van der Waals surface area contributed by atoms with Crippen LogP contribution < -0.4 is 0 Å². The van der Waals surface area contributed by atoms with Crippen molar-refractivity contribution in [1.82, 2.24) is 19.3 Å². The first-order valence-corrected chi connectivity index (χ1v) is 7.95. The van der Waals surface area contributed by atoms with Gasteiger partial charge in [-0.2, -0.15) is 5.10 Å². The Labute approximate surface area is 145 Å². The van der Waals surface area contributed by atoms with Crippen LogP contribution in [0.15, 0.2) is 24.4 Å². The molecule has 6 nitrogen and oxygen atoms in total. The molecule has 126 valence electrons. The van der Waals surface area contributed by atoms with Crippen LogP contribution in [0.5, 0.6) is 0 Å². The molecule has 0 amide bonds. The molecular formula is C17H19ClN4O2. The van der Waals surface area contributed by atoms with Crippen LogP contribution in [0.2, 0.25) is 5.15 Å². The van der Waals surface area contributed by atoms with E-state index >= 15 is 0 Å². The maximum atomic E-state index is 12.6. The Bertz CT molecular complexity index is 934. The largest absolute Gasteiger partial charge is 0.443 e. The number of carbonyl (C=O) groups is 1. The van der Waals surface area contributed by atoms with Gasteiger partial charge < -0.3 is 4.74 Å². The molecule has 3 aromatic heterocycles. The lowest BCUT2D eigenvalue weighted by Crippen LogP contribution is -2.27. The van der Waals surface area contributed by atoms with Crippen LogP contribution in [0.3, 0.4) is 0 Å². The summed E-state index contributed by atoms with van der Waals surface area (Å²) in [5, 5.41) is 5.49. The third-order valence-corrected chi connectivity index (χ3v) is 3.68. The number of hydrogen-bond donors (Lipinski definition) is 0. The molecule has 7 heteroatoms. The maximum Gasteiger partial charge on any atom is 0.419 e. The van der Waals surface area contributed by atoms with Crippen molar-refractivity contribution in [1.29, 1.82) is 0 Å². The van der Waals surface area contributed by atoms with Crippen molar-refractivity contribution in [2.24, 2.45) is 7.05 Å². The Morgan fingerprint density at radius 1 is 1.29 bits per heavy atom. The lowest BCUT2D eigenvalue weighted by molar-refractivity contribution is 0.0542. The third-order valence-electron chi connectivity index (χ3n) is 3.48. The fraction of sp³-hybridized carbons (Fsp3) is 0.353. The second-order valence-corrected chi connectivity index (χ2v) is 7.09.